The van der Waals surface area contributed by atoms with E-state index in [1.807, 2.05) is 6.07 Å². The van der Waals surface area contributed by atoms with Crippen molar-refractivity contribution in [3.8, 4) is 11.5 Å². The van der Waals surface area contributed by atoms with E-state index in [1.54, 1.807) is 19.3 Å². The number of ether oxygens (including phenoxy) is 2. The normalized spacial score (nSPS) is 12.9. The van der Waals surface area contributed by atoms with Crippen molar-refractivity contribution in [1.29, 1.82) is 0 Å². The summed E-state index contributed by atoms with van der Waals surface area (Å²) in [4.78, 5) is 11.5. The molecule has 3 nitrogen and oxygen atoms in total. The Morgan fingerprint density at radius 1 is 1.07 bits per heavy atom. The summed E-state index contributed by atoms with van der Waals surface area (Å²) in [6.45, 7) is 0. The molecule has 2 rings (SSSR count). The number of hydrogen-bond donors (Lipinski definition) is 0. The largest absolute Gasteiger partial charge is 0.493 e. The van der Waals surface area contributed by atoms with Crippen LogP contribution in [0.15, 0.2) is 18.2 Å². The molecule has 0 aromatic heterocycles. The minimum absolute atomic E-state index is 0.0317. The maximum absolute atomic E-state index is 11.5. The number of carbonyl (C=O) groups excluding carboxylic acids is 1. The molecule has 72 valence electrons. The smallest absolute Gasteiger partial charge is 0.190 e. The summed E-state index contributed by atoms with van der Waals surface area (Å²) in [6.07, 6.45) is 3.31. The first kappa shape index (κ1) is 8.81. The predicted molar refractivity (Wildman–Crippen MR) is 52.9 cm³/mol. The highest BCUT2D eigenvalue weighted by Crippen LogP contribution is 2.36. The second-order valence-corrected chi connectivity index (χ2v) is 2.96. The molecule has 1 aromatic rings. The van der Waals surface area contributed by atoms with Crippen LogP contribution in [-0.2, 0) is 0 Å². The van der Waals surface area contributed by atoms with Gasteiger partial charge in [-0.15, -0.1) is 0 Å². The molecule has 0 fully saturated rings. The highest BCUT2D eigenvalue weighted by Gasteiger charge is 2.21. The highest BCUT2D eigenvalue weighted by molar-refractivity contribution is 6.15. The zero-order valence-electron chi connectivity index (χ0n) is 8.03. The van der Waals surface area contributed by atoms with Crippen molar-refractivity contribution in [3.63, 3.8) is 0 Å². The Balaban J connectivity index is 2.66. The number of benzene rings is 1. The third kappa shape index (κ3) is 1.09. The molecule has 1 aromatic carbocycles. The van der Waals surface area contributed by atoms with E-state index in [0.29, 0.717) is 17.1 Å². The van der Waals surface area contributed by atoms with Gasteiger partial charge in [-0.05, 0) is 17.7 Å². The van der Waals surface area contributed by atoms with Gasteiger partial charge < -0.3 is 9.47 Å². The molecule has 0 saturated heterocycles. The van der Waals surface area contributed by atoms with Gasteiger partial charge in [0.15, 0.2) is 17.3 Å². The number of allylic oxidation sites excluding steroid dienone is 1. The standard InChI is InChI=1S/C11H10O3/c1-13-9-6-4-7-3-5-8(12)10(7)11(9)14-2/h3-6H,1-2H3. The van der Waals surface area contributed by atoms with Gasteiger partial charge in [0.1, 0.15) is 0 Å². The quantitative estimate of drug-likeness (QED) is 0.714. The fourth-order valence-electron chi connectivity index (χ4n) is 1.58. The first-order valence-electron chi connectivity index (χ1n) is 4.25. The van der Waals surface area contributed by atoms with Gasteiger partial charge in [-0.2, -0.15) is 0 Å². The summed E-state index contributed by atoms with van der Waals surface area (Å²) in [5.74, 6) is 1.07. The van der Waals surface area contributed by atoms with Crippen LogP contribution in [-0.4, -0.2) is 20.0 Å². The van der Waals surface area contributed by atoms with Crippen LogP contribution >= 0.6 is 0 Å². The average Bonchev–Trinajstić information content (AvgIpc) is 2.59. The number of ketones is 1. The van der Waals surface area contributed by atoms with Gasteiger partial charge in [-0.1, -0.05) is 12.1 Å². The summed E-state index contributed by atoms with van der Waals surface area (Å²) in [5.41, 5.74) is 1.47. The second kappa shape index (κ2) is 3.18. The van der Waals surface area contributed by atoms with Crippen molar-refractivity contribution in [1.82, 2.24) is 0 Å². The zero-order valence-corrected chi connectivity index (χ0v) is 8.03. The van der Waals surface area contributed by atoms with Gasteiger partial charge in [0.05, 0.1) is 19.8 Å². The maximum Gasteiger partial charge on any atom is 0.190 e. The van der Waals surface area contributed by atoms with Crippen LogP contribution in [0, 0.1) is 0 Å². The van der Waals surface area contributed by atoms with Crippen LogP contribution in [0.3, 0.4) is 0 Å². The Hall–Kier alpha value is -1.77. The average molecular weight is 190 g/mol. The highest BCUT2D eigenvalue weighted by atomic mass is 16.5. The van der Waals surface area contributed by atoms with Gasteiger partial charge in [-0.3, -0.25) is 4.79 Å². The number of fused-ring (bicyclic) bond motifs is 1. The Kier molecular flexibility index (Phi) is 2.00. The summed E-state index contributed by atoms with van der Waals surface area (Å²) in [5, 5.41) is 0. The minimum atomic E-state index is -0.0317. The molecule has 0 spiro atoms. The summed E-state index contributed by atoms with van der Waals surface area (Å²) in [7, 11) is 3.08. The molecule has 0 radical (unpaired) electrons. The molecule has 0 saturated carbocycles. The lowest BCUT2D eigenvalue weighted by atomic mass is 10.1. The van der Waals surface area contributed by atoms with E-state index in [1.165, 1.54) is 13.2 Å². The van der Waals surface area contributed by atoms with Crippen molar-refractivity contribution in [3.05, 3.63) is 29.3 Å². The SMILES string of the molecule is COc1ccc2c(c1OC)C(=O)C=C2. The molecule has 1 aliphatic carbocycles. The molecule has 3 heteroatoms. The zero-order chi connectivity index (χ0) is 10.1. The molecule has 0 atom stereocenters. The molecule has 0 amide bonds. The van der Waals surface area contributed by atoms with Crippen LogP contribution < -0.4 is 9.47 Å². The lowest BCUT2D eigenvalue weighted by Crippen LogP contribution is -1.99. The van der Waals surface area contributed by atoms with Gasteiger partial charge in [0.25, 0.3) is 0 Å². The van der Waals surface area contributed by atoms with E-state index in [9.17, 15) is 4.79 Å². The Labute approximate surface area is 81.9 Å². The van der Waals surface area contributed by atoms with Crippen molar-refractivity contribution < 1.29 is 14.3 Å². The Morgan fingerprint density at radius 2 is 1.86 bits per heavy atom. The van der Waals surface area contributed by atoms with E-state index < -0.39 is 0 Å². The molecule has 0 aliphatic heterocycles. The summed E-state index contributed by atoms with van der Waals surface area (Å²) in [6, 6.07) is 3.64. The molecular formula is C11H10O3. The van der Waals surface area contributed by atoms with E-state index in [0.717, 1.165) is 5.56 Å². The summed E-state index contributed by atoms with van der Waals surface area (Å²) < 4.78 is 10.3. The van der Waals surface area contributed by atoms with Crippen LogP contribution in [0.25, 0.3) is 6.08 Å². The fourth-order valence-corrected chi connectivity index (χ4v) is 1.58. The lowest BCUT2D eigenvalue weighted by Gasteiger charge is -2.10. The van der Waals surface area contributed by atoms with Crippen molar-refractivity contribution in [2.45, 2.75) is 0 Å². The van der Waals surface area contributed by atoms with Crippen molar-refractivity contribution >= 4 is 11.9 Å². The summed E-state index contributed by atoms with van der Waals surface area (Å²) >= 11 is 0. The molecule has 0 heterocycles. The first-order valence-corrected chi connectivity index (χ1v) is 4.25. The van der Waals surface area contributed by atoms with Crippen molar-refractivity contribution in [2.75, 3.05) is 14.2 Å². The number of rotatable bonds is 2. The second-order valence-electron chi connectivity index (χ2n) is 2.96. The van der Waals surface area contributed by atoms with E-state index in [-0.39, 0.29) is 5.78 Å². The van der Waals surface area contributed by atoms with Crippen LogP contribution in [0.1, 0.15) is 15.9 Å². The Morgan fingerprint density at radius 3 is 2.50 bits per heavy atom. The van der Waals surface area contributed by atoms with E-state index in [2.05, 4.69) is 0 Å². The molecule has 1 aliphatic rings. The van der Waals surface area contributed by atoms with Crippen LogP contribution in [0.5, 0.6) is 11.5 Å². The van der Waals surface area contributed by atoms with Gasteiger partial charge in [0, 0.05) is 0 Å². The molecule has 0 unspecified atom stereocenters. The predicted octanol–water partition coefficient (Wildman–Crippen LogP) is 1.91. The van der Waals surface area contributed by atoms with E-state index >= 15 is 0 Å². The molecule has 0 N–H and O–H groups in total. The topological polar surface area (TPSA) is 35.5 Å². The number of carbonyl (C=O) groups is 1. The van der Waals surface area contributed by atoms with Gasteiger partial charge in [0.2, 0.25) is 0 Å². The van der Waals surface area contributed by atoms with Crippen LogP contribution in [0.4, 0.5) is 0 Å². The number of methoxy groups -OCH3 is 2. The monoisotopic (exact) mass is 190 g/mol. The maximum atomic E-state index is 11.5. The van der Waals surface area contributed by atoms with Crippen LogP contribution in [0.2, 0.25) is 0 Å². The van der Waals surface area contributed by atoms with E-state index in [4.69, 9.17) is 9.47 Å². The Bertz CT molecular complexity index is 419. The van der Waals surface area contributed by atoms with Crippen molar-refractivity contribution in [2.24, 2.45) is 0 Å². The third-order valence-corrected chi connectivity index (χ3v) is 2.24. The fraction of sp³-hybridized carbons (Fsp3) is 0.182. The molecular weight excluding hydrogens is 180 g/mol. The minimum Gasteiger partial charge on any atom is -0.493 e. The first-order chi connectivity index (χ1) is 6.77. The number of hydrogen-bond acceptors (Lipinski definition) is 3. The molecule has 14 heavy (non-hydrogen) atoms. The lowest BCUT2D eigenvalue weighted by molar-refractivity contribution is 0.104. The van der Waals surface area contributed by atoms with Gasteiger partial charge in [-0.25, -0.2) is 0 Å². The molecule has 0 bridgehead atoms. The third-order valence-electron chi connectivity index (χ3n) is 2.24. The van der Waals surface area contributed by atoms with Gasteiger partial charge >= 0.3 is 0 Å².